The molecule has 2 nitrogen and oxygen atoms in total. The highest BCUT2D eigenvalue weighted by molar-refractivity contribution is 5.28. The van der Waals surface area contributed by atoms with Gasteiger partial charge in [0.15, 0.2) is 0 Å². The van der Waals surface area contributed by atoms with Crippen molar-refractivity contribution in [3.8, 4) is 5.75 Å². The fourth-order valence-electron chi connectivity index (χ4n) is 2.96. The molecule has 20 heavy (non-hydrogen) atoms. The summed E-state index contributed by atoms with van der Waals surface area (Å²) in [5.74, 6) is 1.89. The van der Waals surface area contributed by atoms with E-state index in [9.17, 15) is 0 Å². The minimum absolute atomic E-state index is 0.698. The summed E-state index contributed by atoms with van der Waals surface area (Å²) in [6.45, 7) is 6.35. The SMILES string of the molecule is CCCCOc1cccc(CNC2CCCC(C)C2)c1. The van der Waals surface area contributed by atoms with Gasteiger partial charge in [-0.2, -0.15) is 0 Å². The lowest BCUT2D eigenvalue weighted by atomic mass is 9.87. The molecule has 2 unspecified atom stereocenters. The van der Waals surface area contributed by atoms with Gasteiger partial charge in [0.2, 0.25) is 0 Å². The maximum atomic E-state index is 5.77. The highest BCUT2D eigenvalue weighted by atomic mass is 16.5. The average molecular weight is 275 g/mol. The van der Waals surface area contributed by atoms with Crippen LogP contribution in [-0.4, -0.2) is 12.6 Å². The summed E-state index contributed by atoms with van der Waals surface area (Å²) in [6, 6.07) is 9.22. The Bertz CT molecular complexity index is 391. The average Bonchev–Trinajstić information content (AvgIpc) is 2.46. The van der Waals surface area contributed by atoms with Crippen LogP contribution in [0.25, 0.3) is 0 Å². The Balaban J connectivity index is 1.78. The number of rotatable bonds is 7. The molecule has 0 amide bonds. The van der Waals surface area contributed by atoms with Crippen molar-refractivity contribution in [3.05, 3.63) is 29.8 Å². The molecule has 0 saturated heterocycles. The molecule has 0 aliphatic heterocycles. The molecule has 2 heteroatoms. The minimum atomic E-state index is 0.698. The summed E-state index contributed by atoms with van der Waals surface area (Å²) in [4.78, 5) is 0. The van der Waals surface area contributed by atoms with Gasteiger partial charge in [-0.15, -0.1) is 0 Å². The van der Waals surface area contributed by atoms with Gasteiger partial charge in [-0.1, -0.05) is 45.2 Å². The van der Waals surface area contributed by atoms with Crippen LogP contribution in [-0.2, 0) is 6.54 Å². The van der Waals surface area contributed by atoms with Gasteiger partial charge in [-0.25, -0.2) is 0 Å². The maximum absolute atomic E-state index is 5.77. The second-order valence-corrected chi connectivity index (χ2v) is 6.20. The monoisotopic (exact) mass is 275 g/mol. The summed E-state index contributed by atoms with van der Waals surface area (Å²) in [7, 11) is 0. The summed E-state index contributed by atoms with van der Waals surface area (Å²) in [5, 5.41) is 3.71. The Hall–Kier alpha value is -1.02. The van der Waals surface area contributed by atoms with E-state index in [1.807, 2.05) is 0 Å². The smallest absolute Gasteiger partial charge is 0.119 e. The van der Waals surface area contributed by atoms with E-state index in [0.29, 0.717) is 6.04 Å². The third-order valence-corrected chi connectivity index (χ3v) is 4.20. The first-order chi connectivity index (χ1) is 9.78. The van der Waals surface area contributed by atoms with Crippen LogP contribution in [0.5, 0.6) is 5.75 Å². The van der Waals surface area contributed by atoms with Crippen molar-refractivity contribution in [1.82, 2.24) is 5.32 Å². The first-order valence-electron chi connectivity index (χ1n) is 8.23. The topological polar surface area (TPSA) is 21.3 Å². The molecule has 0 bridgehead atoms. The number of hydrogen-bond donors (Lipinski definition) is 1. The van der Waals surface area contributed by atoms with E-state index in [0.717, 1.165) is 31.2 Å². The van der Waals surface area contributed by atoms with Gasteiger partial charge in [-0.3, -0.25) is 0 Å². The van der Waals surface area contributed by atoms with Gasteiger partial charge in [0.25, 0.3) is 0 Å². The quantitative estimate of drug-likeness (QED) is 0.738. The number of hydrogen-bond acceptors (Lipinski definition) is 2. The van der Waals surface area contributed by atoms with Gasteiger partial charge in [0.1, 0.15) is 5.75 Å². The lowest BCUT2D eigenvalue weighted by molar-refractivity contribution is 0.299. The van der Waals surface area contributed by atoms with Crippen LogP contribution in [0.15, 0.2) is 24.3 Å². The lowest BCUT2D eigenvalue weighted by Gasteiger charge is -2.27. The zero-order valence-electron chi connectivity index (χ0n) is 13.0. The summed E-state index contributed by atoms with van der Waals surface area (Å²) < 4.78 is 5.77. The van der Waals surface area contributed by atoms with E-state index in [4.69, 9.17) is 4.74 Å². The molecule has 1 fully saturated rings. The molecule has 1 aromatic carbocycles. The van der Waals surface area contributed by atoms with Crippen molar-refractivity contribution in [1.29, 1.82) is 0 Å². The van der Waals surface area contributed by atoms with Crippen molar-refractivity contribution in [2.24, 2.45) is 5.92 Å². The van der Waals surface area contributed by atoms with Crippen molar-refractivity contribution in [3.63, 3.8) is 0 Å². The molecule has 0 radical (unpaired) electrons. The molecule has 0 spiro atoms. The van der Waals surface area contributed by atoms with Crippen LogP contribution in [0.4, 0.5) is 0 Å². The van der Waals surface area contributed by atoms with Crippen molar-refractivity contribution in [2.75, 3.05) is 6.61 Å². The lowest BCUT2D eigenvalue weighted by Crippen LogP contribution is -2.33. The van der Waals surface area contributed by atoms with Gasteiger partial charge in [0, 0.05) is 12.6 Å². The highest BCUT2D eigenvalue weighted by Crippen LogP contribution is 2.24. The first-order valence-corrected chi connectivity index (χ1v) is 8.23. The Labute approximate surface area is 123 Å². The number of benzene rings is 1. The fourth-order valence-corrected chi connectivity index (χ4v) is 2.96. The molecule has 2 rings (SSSR count). The van der Waals surface area contributed by atoms with Crippen LogP contribution >= 0.6 is 0 Å². The highest BCUT2D eigenvalue weighted by Gasteiger charge is 2.17. The van der Waals surface area contributed by atoms with E-state index in [-0.39, 0.29) is 0 Å². The van der Waals surface area contributed by atoms with Gasteiger partial charge in [-0.05, 0) is 42.9 Å². The second-order valence-electron chi connectivity index (χ2n) is 6.20. The molecule has 1 aliphatic carbocycles. The molecule has 1 N–H and O–H groups in total. The van der Waals surface area contributed by atoms with Crippen molar-refractivity contribution in [2.45, 2.75) is 65.0 Å². The number of nitrogens with one attached hydrogen (secondary N) is 1. The van der Waals surface area contributed by atoms with Crippen LogP contribution in [0.1, 0.15) is 57.9 Å². The van der Waals surface area contributed by atoms with Crippen LogP contribution in [0.2, 0.25) is 0 Å². The zero-order chi connectivity index (χ0) is 14.2. The van der Waals surface area contributed by atoms with Crippen LogP contribution in [0, 0.1) is 5.92 Å². The largest absolute Gasteiger partial charge is 0.494 e. The minimum Gasteiger partial charge on any atom is -0.494 e. The third-order valence-electron chi connectivity index (χ3n) is 4.20. The predicted octanol–water partition coefficient (Wildman–Crippen LogP) is 4.53. The second kappa shape index (κ2) is 8.31. The summed E-state index contributed by atoms with van der Waals surface area (Å²) >= 11 is 0. The Morgan fingerprint density at radius 3 is 3.00 bits per heavy atom. The molecular weight excluding hydrogens is 246 g/mol. The Kier molecular flexibility index (Phi) is 6.38. The van der Waals surface area contributed by atoms with Crippen molar-refractivity contribution < 1.29 is 4.74 Å². The van der Waals surface area contributed by atoms with Crippen molar-refractivity contribution >= 4 is 0 Å². The van der Waals surface area contributed by atoms with Crippen LogP contribution < -0.4 is 10.1 Å². The van der Waals surface area contributed by atoms with Crippen LogP contribution in [0.3, 0.4) is 0 Å². The van der Waals surface area contributed by atoms with E-state index in [1.165, 1.54) is 37.7 Å². The molecule has 112 valence electrons. The number of unbranched alkanes of at least 4 members (excludes halogenated alkanes) is 1. The molecule has 2 atom stereocenters. The third kappa shape index (κ3) is 5.16. The normalized spacial score (nSPS) is 22.7. The molecule has 1 aromatic rings. The molecule has 0 aromatic heterocycles. The van der Waals surface area contributed by atoms with Gasteiger partial charge >= 0.3 is 0 Å². The Morgan fingerprint density at radius 1 is 1.30 bits per heavy atom. The van der Waals surface area contributed by atoms with Gasteiger partial charge in [0.05, 0.1) is 6.61 Å². The molecule has 1 aliphatic rings. The van der Waals surface area contributed by atoms with E-state index < -0.39 is 0 Å². The zero-order valence-corrected chi connectivity index (χ0v) is 13.0. The Morgan fingerprint density at radius 2 is 2.20 bits per heavy atom. The van der Waals surface area contributed by atoms with E-state index in [2.05, 4.69) is 43.4 Å². The maximum Gasteiger partial charge on any atom is 0.119 e. The standard InChI is InChI=1S/C18H29NO/c1-3-4-11-20-18-10-6-8-16(13-18)14-19-17-9-5-7-15(2)12-17/h6,8,10,13,15,17,19H,3-5,7,9,11-12,14H2,1-2H3. The molecule has 1 saturated carbocycles. The van der Waals surface area contributed by atoms with E-state index >= 15 is 0 Å². The van der Waals surface area contributed by atoms with Gasteiger partial charge < -0.3 is 10.1 Å². The van der Waals surface area contributed by atoms with E-state index in [1.54, 1.807) is 0 Å². The molecule has 0 heterocycles. The fraction of sp³-hybridized carbons (Fsp3) is 0.667. The molecular formula is C18H29NO. The first kappa shape index (κ1) is 15.4. The predicted molar refractivity (Wildman–Crippen MR) is 85.1 cm³/mol. The number of ether oxygens (including phenoxy) is 1. The summed E-state index contributed by atoms with van der Waals surface area (Å²) in [6.07, 6.45) is 7.74. The summed E-state index contributed by atoms with van der Waals surface area (Å²) in [5.41, 5.74) is 1.33.